The lowest BCUT2D eigenvalue weighted by molar-refractivity contribution is -0.116. The zero-order valence-electron chi connectivity index (χ0n) is 16.2. The number of nitrogens with one attached hydrogen (secondary N) is 1. The van der Waals surface area contributed by atoms with Crippen LogP contribution in [-0.2, 0) is 11.2 Å². The maximum Gasteiger partial charge on any atom is 0.226 e. The molecule has 0 aliphatic carbocycles. The van der Waals surface area contributed by atoms with Crippen LogP contribution in [0.4, 0.5) is 9.52 Å². The minimum atomic E-state index is -0.318. The summed E-state index contributed by atoms with van der Waals surface area (Å²) in [6.07, 6.45) is 0.843. The van der Waals surface area contributed by atoms with Crippen molar-refractivity contribution >= 4 is 28.2 Å². The van der Waals surface area contributed by atoms with Gasteiger partial charge < -0.3 is 5.32 Å². The van der Waals surface area contributed by atoms with E-state index in [4.69, 9.17) is 0 Å². The van der Waals surface area contributed by atoms with E-state index in [1.165, 1.54) is 12.1 Å². The highest BCUT2D eigenvalue weighted by atomic mass is 32.1. The van der Waals surface area contributed by atoms with E-state index in [2.05, 4.69) is 24.8 Å². The van der Waals surface area contributed by atoms with Crippen LogP contribution < -0.4 is 5.32 Å². The second kappa shape index (κ2) is 7.67. The third-order valence-corrected chi connectivity index (χ3v) is 5.29. The van der Waals surface area contributed by atoms with Gasteiger partial charge in [0.2, 0.25) is 11.0 Å². The lowest BCUT2D eigenvalue weighted by Crippen LogP contribution is -2.14. The molecule has 4 rings (SSSR count). The van der Waals surface area contributed by atoms with Crippen molar-refractivity contribution in [3.63, 3.8) is 0 Å². The summed E-state index contributed by atoms with van der Waals surface area (Å²) in [6, 6.07) is 7.85. The number of fused-ring (bicyclic) bond motifs is 1. The van der Waals surface area contributed by atoms with Crippen LogP contribution in [-0.4, -0.2) is 29.9 Å². The monoisotopic (exact) mass is 410 g/mol. The molecular formula is C20H19FN6OS. The molecule has 7 nitrogen and oxygen atoms in total. The van der Waals surface area contributed by atoms with Gasteiger partial charge in [0.15, 0.2) is 11.5 Å². The number of amides is 1. The second-order valence-electron chi connectivity index (χ2n) is 6.80. The molecule has 0 unspecified atom stereocenters. The summed E-state index contributed by atoms with van der Waals surface area (Å²) in [5.74, 6) is -0.0101. The molecular weight excluding hydrogens is 391 g/mol. The molecule has 4 aromatic rings. The number of hydrogen-bond acceptors (Lipinski definition) is 6. The number of aromatic nitrogens is 5. The number of benzene rings is 1. The predicted octanol–water partition coefficient (Wildman–Crippen LogP) is 3.88. The molecule has 0 atom stereocenters. The smallest absolute Gasteiger partial charge is 0.226 e. The van der Waals surface area contributed by atoms with E-state index >= 15 is 0 Å². The number of carbonyl (C=O) groups excluding carboxylic acids is 1. The zero-order valence-corrected chi connectivity index (χ0v) is 17.0. The van der Waals surface area contributed by atoms with Gasteiger partial charge in [0, 0.05) is 41.0 Å². The number of anilines is 1. The predicted molar refractivity (Wildman–Crippen MR) is 109 cm³/mol. The standard InChI is InChI=1S/C20H19FN6OS/c1-11-10-17-22-12(2)16(13(3)27(17)25-11)8-9-18(28)23-20-24-19(26-29-20)14-4-6-15(21)7-5-14/h4-7,10H,8-9H2,1-3H3,(H,23,24,26,28). The first-order valence-corrected chi connectivity index (χ1v) is 9.90. The lowest BCUT2D eigenvalue weighted by atomic mass is 10.1. The van der Waals surface area contributed by atoms with E-state index in [-0.39, 0.29) is 11.7 Å². The third kappa shape index (κ3) is 4.00. The molecule has 0 fully saturated rings. The van der Waals surface area contributed by atoms with Crippen molar-refractivity contribution in [3.8, 4) is 11.4 Å². The van der Waals surface area contributed by atoms with E-state index in [1.807, 2.05) is 31.4 Å². The zero-order chi connectivity index (χ0) is 20.5. The average molecular weight is 410 g/mol. The van der Waals surface area contributed by atoms with Crippen LogP contribution in [0, 0.1) is 26.6 Å². The Hall–Kier alpha value is -3.20. The van der Waals surface area contributed by atoms with Crippen molar-refractivity contribution in [2.24, 2.45) is 0 Å². The Morgan fingerprint density at radius 1 is 1.17 bits per heavy atom. The van der Waals surface area contributed by atoms with Gasteiger partial charge in [-0.15, -0.1) is 0 Å². The minimum Gasteiger partial charge on any atom is -0.301 e. The van der Waals surface area contributed by atoms with Crippen molar-refractivity contribution in [1.29, 1.82) is 0 Å². The Morgan fingerprint density at radius 3 is 2.69 bits per heavy atom. The fourth-order valence-corrected chi connectivity index (χ4v) is 3.82. The minimum absolute atomic E-state index is 0.151. The highest BCUT2D eigenvalue weighted by molar-refractivity contribution is 7.10. The van der Waals surface area contributed by atoms with Gasteiger partial charge in [-0.3, -0.25) is 4.79 Å². The summed E-state index contributed by atoms with van der Waals surface area (Å²) in [5.41, 5.74) is 5.32. The SMILES string of the molecule is Cc1cc2nc(C)c(CCC(=O)Nc3nc(-c4ccc(F)cc4)ns3)c(C)n2n1. The van der Waals surface area contributed by atoms with Crippen molar-refractivity contribution in [2.45, 2.75) is 33.6 Å². The molecule has 3 aromatic heterocycles. The molecule has 29 heavy (non-hydrogen) atoms. The summed E-state index contributed by atoms with van der Waals surface area (Å²) >= 11 is 1.10. The summed E-state index contributed by atoms with van der Waals surface area (Å²) in [6.45, 7) is 5.86. The van der Waals surface area contributed by atoms with Crippen LogP contribution in [0.5, 0.6) is 0 Å². The van der Waals surface area contributed by atoms with Crippen molar-refractivity contribution in [3.05, 3.63) is 58.8 Å². The summed E-state index contributed by atoms with van der Waals surface area (Å²) in [5, 5.41) is 7.66. The molecule has 0 aliphatic heterocycles. The number of aryl methyl sites for hydroxylation is 3. The first-order chi connectivity index (χ1) is 13.9. The molecule has 1 N–H and O–H groups in total. The van der Waals surface area contributed by atoms with E-state index < -0.39 is 0 Å². The molecule has 3 heterocycles. The van der Waals surface area contributed by atoms with Crippen LogP contribution in [0.15, 0.2) is 30.3 Å². The molecule has 0 saturated heterocycles. The highest BCUT2D eigenvalue weighted by Crippen LogP contribution is 2.22. The Balaban J connectivity index is 1.43. The molecule has 0 spiro atoms. The molecule has 0 bridgehead atoms. The Bertz CT molecular complexity index is 1200. The average Bonchev–Trinajstić information content (AvgIpc) is 3.28. The Kier molecular flexibility index (Phi) is 5.06. The normalized spacial score (nSPS) is 11.2. The van der Waals surface area contributed by atoms with Crippen molar-refractivity contribution in [2.75, 3.05) is 5.32 Å². The molecule has 1 amide bonds. The maximum absolute atomic E-state index is 13.0. The van der Waals surface area contributed by atoms with Gasteiger partial charge >= 0.3 is 0 Å². The first kappa shape index (κ1) is 19.1. The molecule has 0 aliphatic rings. The van der Waals surface area contributed by atoms with Crippen LogP contribution in [0.1, 0.15) is 29.1 Å². The van der Waals surface area contributed by atoms with Crippen molar-refractivity contribution in [1.82, 2.24) is 24.0 Å². The van der Waals surface area contributed by atoms with Crippen LogP contribution >= 0.6 is 11.5 Å². The van der Waals surface area contributed by atoms with Gasteiger partial charge in [-0.25, -0.2) is 13.9 Å². The maximum atomic E-state index is 13.0. The number of rotatable bonds is 5. The highest BCUT2D eigenvalue weighted by Gasteiger charge is 2.14. The van der Waals surface area contributed by atoms with E-state index in [1.54, 1.807) is 12.1 Å². The summed E-state index contributed by atoms with van der Waals surface area (Å²) < 4.78 is 19.1. The van der Waals surface area contributed by atoms with E-state index in [0.29, 0.717) is 29.4 Å². The number of hydrogen-bond donors (Lipinski definition) is 1. The second-order valence-corrected chi connectivity index (χ2v) is 7.55. The topological polar surface area (TPSA) is 85.1 Å². The largest absolute Gasteiger partial charge is 0.301 e. The molecule has 0 radical (unpaired) electrons. The van der Waals surface area contributed by atoms with Gasteiger partial charge in [0.1, 0.15) is 5.82 Å². The lowest BCUT2D eigenvalue weighted by Gasteiger charge is -2.10. The molecule has 148 valence electrons. The van der Waals surface area contributed by atoms with Crippen LogP contribution in [0.2, 0.25) is 0 Å². The summed E-state index contributed by atoms with van der Waals surface area (Å²) in [4.78, 5) is 21.3. The van der Waals surface area contributed by atoms with Crippen LogP contribution in [0.3, 0.4) is 0 Å². The van der Waals surface area contributed by atoms with Gasteiger partial charge in [0.05, 0.1) is 5.69 Å². The van der Waals surface area contributed by atoms with E-state index in [0.717, 1.165) is 39.8 Å². The quantitative estimate of drug-likeness (QED) is 0.540. The number of halogens is 1. The van der Waals surface area contributed by atoms with E-state index in [9.17, 15) is 9.18 Å². The molecule has 0 saturated carbocycles. The van der Waals surface area contributed by atoms with Gasteiger partial charge in [-0.05, 0) is 57.0 Å². The summed E-state index contributed by atoms with van der Waals surface area (Å²) in [7, 11) is 0. The fraction of sp³-hybridized carbons (Fsp3) is 0.250. The number of nitrogens with zero attached hydrogens (tertiary/aromatic N) is 5. The number of carbonyl (C=O) groups is 1. The van der Waals surface area contributed by atoms with Gasteiger partial charge in [-0.2, -0.15) is 14.5 Å². The van der Waals surface area contributed by atoms with Gasteiger partial charge in [0.25, 0.3) is 0 Å². The van der Waals surface area contributed by atoms with Crippen LogP contribution in [0.25, 0.3) is 17.0 Å². The first-order valence-electron chi connectivity index (χ1n) is 9.12. The Labute approximate surface area is 170 Å². The van der Waals surface area contributed by atoms with Gasteiger partial charge in [-0.1, -0.05) is 0 Å². The molecule has 1 aromatic carbocycles. The third-order valence-electron chi connectivity index (χ3n) is 4.66. The van der Waals surface area contributed by atoms with Crippen molar-refractivity contribution < 1.29 is 9.18 Å². The molecule has 9 heteroatoms. The Morgan fingerprint density at radius 2 is 1.93 bits per heavy atom. The fourth-order valence-electron chi connectivity index (χ4n) is 3.21.